The molecule has 62 valence electrons. The van der Waals surface area contributed by atoms with Crippen LogP contribution in [-0.2, 0) is 10.3 Å². The minimum absolute atomic E-state index is 0.776. The normalized spacial score (nSPS) is 13.9. The summed E-state index contributed by atoms with van der Waals surface area (Å²) in [7, 11) is -4.28. The van der Waals surface area contributed by atoms with E-state index in [0.29, 0.717) is 0 Å². The van der Waals surface area contributed by atoms with Gasteiger partial charge in [-0.15, -0.1) is 4.40 Å². The van der Waals surface area contributed by atoms with E-state index in [4.69, 9.17) is 9.66 Å². The zero-order valence-electron chi connectivity index (χ0n) is 5.45. The summed E-state index contributed by atoms with van der Waals surface area (Å²) in [5.74, 6) is 0. The van der Waals surface area contributed by atoms with Crippen molar-refractivity contribution in [3.63, 3.8) is 0 Å². The third kappa shape index (κ3) is 8.86. The zero-order chi connectivity index (χ0) is 8.74. The van der Waals surface area contributed by atoms with Crippen molar-refractivity contribution in [1.29, 1.82) is 0 Å². The van der Waals surface area contributed by atoms with Crippen molar-refractivity contribution in [2.45, 2.75) is 0 Å². The van der Waals surface area contributed by atoms with Gasteiger partial charge in [0.2, 0.25) is 0 Å². The van der Waals surface area contributed by atoms with E-state index in [9.17, 15) is 8.42 Å². The van der Waals surface area contributed by atoms with E-state index in [2.05, 4.69) is 4.40 Å². The molecule has 6 heteroatoms. The van der Waals surface area contributed by atoms with Crippen molar-refractivity contribution in [3.8, 4) is 0 Å². The molecule has 0 rings (SSSR count). The van der Waals surface area contributed by atoms with Crippen molar-refractivity contribution in [3.05, 3.63) is 24.5 Å². The molecule has 11 heavy (non-hydrogen) atoms. The Morgan fingerprint density at radius 3 is 2.27 bits per heavy atom. The Hall–Kier alpha value is -1.14. The van der Waals surface area contributed by atoms with E-state index in [1.165, 1.54) is 18.2 Å². The second kappa shape index (κ2) is 4.64. The monoisotopic (exact) mass is 177 g/mol. The van der Waals surface area contributed by atoms with Crippen molar-refractivity contribution in [2.24, 2.45) is 4.40 Å². The average molecular weight is 177 g/mol. The molecule has 0 aliphatic carbocycles. The number of aliphatic hydroxyl groups is 1. The largest absolute Gasteiger partial charge is 0.516 e. The van der Waals surface area contributed by atoms with E-state index in [0.717, 1.165) is 12.5 Å². The van der Waals surface area contributed by atoms with Gasteiger partial charge in [0.25, 0.3) is 0 Å². The molecule has 5 nitrogen and oxygen atoms in total. The molecule has 0 spiro atoms. The fourth-order valence-electron chi connectivity index (χ4n) is 0.276. The molecule has 0 aromatic carbocycles. The lowest BCUT2D eigenvalue weighted by Gasteiger charge is -1.78. The van der Waals surface area contributed by atoms with Gasteiger partial charge in [-0.25, -0.2) is 0 Å². The Balaban J connectivity index is 3.98. The van der Waals surface area contributed by atoms with Crippen LogP contribution in [0.25, 0.3) is 0 Å². The first kappa shape index (κ1) is 9.86. The van der Waals surface area contributed by atoms with Gasteiger partial charge in [0.05, 0.1) is 6.26 Å². The molecule has 0 aliphatic heterocycles. The molecule has 0 bridgehead atoms. The Kier molecular flexibility index (Phi) is 4.16. The van der Waals surface area contributed by atoms with Crippen LogP contribution in [0.5, 0.6) is 0 Å². The molecule has 0 fully saturated rings. The van der Waals surface area contributed by atoms with Gasteiger partial charge in [-0.3, -0.25) is 4.55 Å². The first-order chi connectivity index (χ1) is 5.06. The number of hydrogen-bond donors (Lipinski definition) is 2. The van der Waals surface area contributed by atoms with Crippen LogP contribution < -0.4 is 0 Å². The van der Waals surface area contributed by atoms with Gasteiger partial charge in [0.15, 0.2) is 0 Å². The highest BCUT2D eigenvalue weighted by atomic mass is 32.2. The van der Waals surface area contributed by atoms with Crippen molar-refractivity contribution < 1.29 is 18.1 Å². The third-order valence-corrected chi connectivity index (χ3v) is 0.977. The van der Waals surface area contributed by atoms with Crippen molar-refractivity contribution in [1.82, 2.24) is 0 Å². The smallest absolute Gasteiger partial charge is 0.378 e. The highest BCUT2D eigenvalue weighted by Gasteiger charge is 1.92. The maximum Gasteiger partial charge on any atom is 0.378 e. The van der Waals surface area contributed by atoms with Crippen LogP contribution in [0.15, 0.2) is 28.9 Å². The van der Waals surface area contributed by atoms with Gasteiger partial charge >= 0.3 is 10.3 Å². The van der Waals surface area contributed by atoms with Gasteiger partial charge < -0.3 is 5.11 Å². The third-order valence-electron chi connectivity index (χ3n) is 0.588. The molecule has 0 aromatic heterocycles. The van der Waals surface area contributed by atoms with Crippen LogP contribution >= 0.6 is 0 Å². The van der Waals surface area contributed by atoms with Crippen LogP contribution in [-0.4, -0.2) is 24.3 Å². The van der Waals surface area contributed by atoms with Crippen LogP contribution in [0.3, 0.4) is 0 Å². The molecule has 0 aliphatic rings. The first-order valence-corrected chi connectivity index (χ1v) is 3.95. The molecular weight excluding hydrogens is 170 g/mol. The van der Waals surface area contributed by atoms with Crippen LogP contribution in [0.4, 0.5) is 0 Å². The number of rotatable bonds is 3. The fraction of sp³-hybridized carbons (Fsp3) is 0. The maximum absolute atomic E-state index is 9.92. The summed E-state index contributed by atoms with van der Waals surface area (Å²) >= 11 is 0. The molecule has 0 radical (unpaired) electrons. The molecule has 0 heterocycles. The van der Waals surface area contributed by atoms with E-state index in [1.807, 2.05) is 0 Å². The lowest BCUT2D eigenvalue weighted by Crippen LogP contribution is -1.89. The second-order valence-electron chi connectivity index (χ2n) is 1.43. The van der Waals surface area contributed by atoms with Gasteiger partial charge in [-0.05, 0) is 12.2 Å². The SMILES string of the molecule is O=S(=O)(O)/N=C/C=C/C=C/O. The Morgan fingerprint density at radius 1 is 1.18 bits per heavy atom. The lowest BCUT2D eigenvalue weighted by atomic mass is 10.5. The molecule has 0 saturated carbocycles. The van der Waals surface area contributed by atoms with Crippen LogP contribution in [0.1, 0.15) is 0 Å². The summed E-state index contributed by atoms with van der Waals surface area (Å²) < 4.78 is 30.6. The molecule has 0 saturated heterocycles. The molecule has 0 atom stereocenters. The Morgan fingerprint density at radius 2 is 1.82 bits per heavy atom. The summed E-state index contributed by atoms with van der Waals surface area (Å²) in [6.07, 6.45) is 5.50. The summed E-state index contributed by atoms with van der Waals surface area (Å²) in [5, 5.41) is 8.08. The second-order valence-corrected chi connectivity index (χ2v) is 2.54. The predicted molar refractivity (Wildman–Crippen MR) is 40.9 cm³/mol. The van der Waals surface area contributed by atoms with Crippen LogP contribution in [0, 0.1) is 0 Å². The van der Waals surface area contributed by atoms with E-state index in [1.54, 1.807) is 0 Å². The van der Waals surface area contributed by atoms with Gasteiger partial charge in [-0.2, -0.15) is 8.42 Å². The Labute approximate surface area is 64.3 Å². The van der Waals surface area contributed by atoms with Gasteiger partial charge in [0.1, 0.15) is 0 Å². The lowest BCUT2D eigenvalue weighted by molar-refractivity contribution is 0.473. The minimum Gasteiger partial charge on any atom is -0.516 e. The van der Waals surface area contributed by atoms with E-state index in [-0.39, 0.29) is 0 Å². The van der Waals surface area contributed by atoms with Crippen molar-refractivity contribution in [2.75, 3.05) is 0 Å². The fourth-order valence-corrected chi connectivity index (χ4v) is 0.500. The highest BCUT2D eigenvalue weighted by molar-refractivity contribution is 7.84. The number of allylic oxidation sites excluding steroid dienone is 3. The summed E-state index contributed by atoms with van der Waals surface area (Å²) in [6, 6.07) is 0. The molecular formula is C5H7NO4S. The van der Waals surface area contributed by atoms with E-state index >= 15 is 0 Å². The number of aliphatic hydroxyl groups excluding tert-OH is 1. The molecule has 0 aromatic rings. The molecule has 2 N–H and O–H groups in total. The van der Waals surface area contributed by atoms with Crippen molar-refractivity contribution >= 4 is 16.5 Å². The highest BCUT2D eigenvalue weighted by Crippen LogP contribution is 1.81. The van der Waals surface area contributed by atoms with E-state index < -0.39 is 10.3 Å². The van der Waals surface area contributed by atoms with Gasteiger partial charge in [0, 0.05) is 6.21 Å². The number of hydrogen-bond acceptors (Lipinski definition) is 3. The molecule has 0 amide bonds. The minimum atomic E-state index is -4.28. The summed E-state index contributed by atoms with van der Waals surface area (Å²) in [6.45, 7) is 0. The quantitative estimate of drug-likeness (QED) is 0.284. The summed E-state index contributed by atoms with van der Waals surface area (Å²) in [4.78, 5) is 0. The maximum atomic E-state index is 9.92. The number of nitrogens with zero attached hydrogens (tertiary/aromatic N) is 1. The first-order valence-electron chi connectivity index (χ1n) is 2.55. The summed E-state index contributed by atoms with van der Waals surface area (Å²) in [5.41, 5.74) is 0. The Bertz CT molecular complexity index is 275. The predicted octanol–water partition coefficient (Wildman–Crippen LogP) is 0.488. The molecule has 0 unspecified atom stereocenters. The zero-order valence-corrected chi connectivity index (χ0v) is 6.27. The van der Waals surface area contributed by atoms with Gasteiger partial charge in [-0.1, -0.05) is 6.08 Å². The van der Waals surface area contributed by atoms with Crippen LogP contribution in [0.2, 0.25) is 0 Å². The standard InChI is InChI=1S/C5H7NO4S/c7-5-3-1-2-4-6-11(8,9)10/h1-5,7H,(H,8,9,10)/b2-1+,5-3+,6-4+. The average Bonchev–Trinajstić information content (AvgIpc) is 1.85. The topological polar surface area (TPSA) is 87.0 Å².